The molecule has 0 atom stereocenters. The van der Waals surface area contributed by atoms with Crippen LogP contribution in [0.15, 0.2) is 66.7 Å². The topological polar surface area (TPSA) is 89.6 Å². The summed E-state index contributed by atoms with van der Waals surface area (Å²) in [5.41, 5.74) is 1.49. The maximum atomic E-state index is 12.5. The van der Waals surface area contributed by atoms with Gasteiger partial charge in [0.15, 0.2) is 11.5 Å². The normalized spacial score (nSPS) is 12.1. The van der Waals surface area contributed by atoms with Gasteiger partial charge in [-0.05, 0) is 36.4 Å². The summed E-state index contributed by atoms with van der Waals surface area (Å²) in [6.45, 7) is 0.963. The molecule has 0 fully saturated rings. The number of hydrogen-bond donors (Lipinski definition) is 2. The Morgan fingerprint density at radius 3 is 2.07 bits per heavy atom. The standard InChI is InChI=1S/C21H17N3O4/c25-20(22-14-5-2-1-3-6-14)16-7-4-8-17(24-16)21(26)23-15-9-10-18-19(13-15)28-12-11-27-18/h1-10,13H,11-12H2,(H,22,25)(H,23,26). The number of para-hydroxylation sites is 1. The fraction of sp³-hybridized carbons (Fsp3) is 0.0952. The van der Waals surface area contributed by atoms with Crippen molar-refractivity contribution in [3.8, 4) is 11.5 Å². The van der Waals surface area contributed by atoms with Crippen LogP contribution in [-0.4, -0.2) is 30.0 Å². The minimum Gasteiger partial charge on any atom is -0.486 e. The number of fused-ring (bicyclic) bond motifs is 1. The summed E-state index contributed by atoms with van der Waals surface area (Å²) < 4.78 is 11.0. The quantitative estimate of drug-likeness (QED) is 0.730. The number of carbonyl (C=O) groups is 2. The summed E-state index contributed by atoms with van der Waals surface area (Å²) in [6.07, 6.45) is 0. The highest BCUT2D eigenvalue weighted by Gasteiger charge is 2.15. The number of hydrogen-bond acceptors (Lipinski definition) is 5. The Hall–Kier alpha value is -3.87. The van der Waals surface area contributed by atoms with Gasteiger partial charge in [0.25, 0.3) is 11.8 Å². The minimum absolute atomic E-state index is 0.135. The van der Waals surface area contributed by atoms with E-state index in [1.54, 1.807) is 48.5 Å². The molecule has 140 valence electrons. The van der Waals surface area contributed by atoms with Crippen molar-refractivity contribution < 1.29 is 19.1 Å². The van der Waals surface area contributed by atoms with Crippen molar-refractivity contribution in [2.45, 2.75) is 0 Å². The first-order valence-corrected chi connectivity index (χ1v) is 8.73. The van der Waals surface area contributed by atoms with Gasteiger partial charge in [0.05, 0.1) is 0 Å². The van der Waals surface area contributed by atoms with Crippen LogP contribution in [0, 0.1) is 0 Å². The zero-order chi connectivity index (χ0) is 19.3. The number of nitrogens with one attached hydrogen (secondary N) is 2. The fourth-order valence-electron chi connectivity index (χ4n) is 2.72. The van der Waals surface area contributed by atoms with Gasteiger partial charge in [0, 0.05) is 17.4 Å². The highest BCUT2D eigenvalue weighted by molar-refractivity contribution is 6.06. The highest BCUT2D eigenvalue weighted by atomic mass is 16.6. The van der Waals surface area contributed by atoms with Crippen LogP contribution in [0.2, 0.25) is 0 Å². The molecule has 2 amide bonds. The molecule has 1 aliphatic rings. The van der Waals surface area contributed by atoms with E-state index in [-0.39, 0.29) is 17.3 Å². The van der Waals surface area contributed by atoms with Crippen molar-refractivity contribution in [1.82, 2.24) is 4.98 Å². The van der Waals surface area contributed by atoms with Gasteiger partial charge >= 0.3 is 0 Å². The number of carbonyl (C=O) groups excluding carboxylic acids is 2. The average Bonchev–Trinajstić information content (AvgIpc) is 2.74. The summed E-state index contributed by atoms with van der Waals surface area (Å²) in [6, 6.07) is 18.9. The molecule has 0 saturated carbocycles. The minimum atomic E-state index is -0.425. The van der Waals surface area contributed by atoms with Crippen molar-refractivity contribution in [1.29, 1.82) is 0 Å². The van der Waals surface area contributed by atoms with E-state index in [1.165, 1.54) is 0 Å². The molecule has 0 radical (unpaired) electrons. The van der Waals surface area contributed by atoms with Crippen molar-refractivity contribution >= 4 is 23.2 Å². The largest absolute Gasteiger partial charge is 0.486 e. The summed E-state index contributed by atoms with van der Waals surface area (Å²) >= 11 is 0. The second kappa shape index (κ2) is 7.79. The first-order chi connectivity index (χ1) is 13.7. The molecule has 7 heteroatoms. The molecule has 4 rings (SSSR count). The Morgan fingerprint density at radius 1 is 0.714 bits per heavy atom. The molecule has 7 nitrogen and oxygen atoms in total. The summed E-state index contributed by atoms with van der Waals surface area (Å²) in [5.74, 6) is 0.404. The summed E-state index contributed by atoms with van der Waals surface area (Å²) in [4.78, 5) is 29.1. The zero-order valence-electron chi connectivity index (χ0n) is 14.8. The number of amides is 2. The van der Waals surface area contributed by atoms with Crippen LogP contribution in [-0.2, 0) is 0 Å². The van der Waals surface area contributed by atoms with Gasteiger partial charge in [-0.25, -0.2) is 4.98 Å². The van der Waals surface area contributed by atoms with Crippen molar-refractivity contribution in [3.63, 3.8) is 0 Å². The molecule has 2 N–H and O–H groups in total. The van der Waals surface area contributed by atoms with E-state index in [4.69, 9.17) is 9.47 Å². The third kappa shape index (κ3) is 3.93. The van der Waals surface area contributed by atoms with Crippen LogP contribution in [0.5, 0.6) is 11.5 Å². The predicted octanol–water partition coefficient (Wildman–Crippen LogP) is 3.36. The van der Waals surface area contributed by atoms with Crippen molar-refractivity contribution in [3.05, 3.63) is 78.1 Å². The van der Waals surface area contributed by atoms with Gasteiger partial charge in [-0.1, -0.05) is 24.3 Å². The van der Waals surface area contributed by atoms with Crippen molar-refractivity contribution in [2.24, 2.45) is 0 Å². The van der Waals surface area contributed by atoms with Gasteiger partial charge in [0.1, 0.15) is 24.6 Å². The number of pyridine rings is 1. The molecule has 28 heavy (non-hydrogen) atoms. The first-order valence-electron chi connectivity index (χ1n) is 8.73. The van der Waals surface area contributed by atoms with Gasteiger partial charge in [-0.15, -0.1) is 0 Å². The SMILES string of the molecule is O=C(Nc1ccccc1)c1cccc(C(=O)Nc2ccc3c(c2)OCCO3)n1. The Balaban J connectivity index is 1.47. The average molecular weight is 375 g/mol. The summed E-state index contributed by atoms with van der Waals surface area (Å²) in [7, 11) is 0. The maximum Gasteiger partial charge on any atom is 0.274 e. The molecule has 1 aromatic heterocycles. The maximum absolute atomic E-state index is 12.5. The van der Waals surface area contributed by atoms with E-state index in [0.717, 1.165) is 0 Å². The molecule has 2 aromatic carbocycles. The van der Waals surface area contributed by atoms with E-state index in [9.17, 15) is 9.59 Å². The Labute approximate surface area is 161 Å². The number of benzene rings is 2. The Bertz CT molecular complexity index is 1020. The molecular formula is C21H17N3O4. The second-order valence-corrected chi connectivity index (χ2v) is 6.04. The molecule has 0 bridgehead atoms. The van der Waals surface area contributed by atoms with E-state index >= 15 is 0 Å². The molecule has 0 unspecified atom stereocenters. The lowest BCUT2D eigenvalue weighted by molar-refractivity contribution is 0.101. The van der Waals surface area contributed by atoms with E-state index in [0.29, 0.717) is 36.1 Å². The van der Waals surface area contributed by atoms with Gasteiger partial charge < -0.3 is 20.1 Å². The smallest absolute Gasteiger partial charge is 0.274 e. The monoisotopic (exact) mass is 375 g/mol. The lowest BCUT2D eigenvalue weighted by atomic mass is 10.2. The van der Waals surface area contributed by atoms with Crippen LogP contribution >= 0.6 is 0 Å². The Kier molecular flexibility index (Phi) is 4.88. The van der Waals surface area contributed by atoms with E-state index < -0.39 is 5.91 Å². The van der Waals surface area contributed by atoms with Crippen molar-refractivity contribution in [2.75, 3.05) is 23.8 Å². The predicted molar refractivity (Wildman–Crippen MR) is 104 cm³/mol. The third-order valence-electron chi connectivity index (χ3n) is 4.05. The first kappa shape index (κ1) is 17.5. The lowest BCUT2D eigenvalue weighted by Crippen LogP contribution is -2.19. The van der Waals surface area contributed by atoms with E-state index in [2.05, 4.69) is 15.6 Å². The summed E-state index contributed by atoms with van der Waals surface area (Å²) in [5, 5.41) is 5.50. The van der Waals surface area contributed by atoms with Crippen LogP contribution in [0.4, 0.5) is 11.4 Å². The fourth-order valence-corrected chi connectivity index (χ4v) is 2.72. The zero-order valence-corrected chi connectivity index (χ0v) is 14.8. The van der Waals surface area contributed by atoms with Crippen LogP contribution in [0.25, 0.3) is 0 Å². The molecule has 1 aliphatic heterocycles. The molecule has 3 aromatic rings. The molecular weight excluding hydrogens is 358 g/mol. The van der Waals surface area contributed by atoms with Gasteiger partial charge in [-0.2, -0.15) is 0 Å². The van der Waals surface area contributed by atoms with E-state index in [1.807, 2.05) is 18.2 Å². The highest BCUT2D eigenvalue weighted by Crippen LogP contribution is 2.32. The molecule has 0 spiro atoms. The number of nitrogens with zero attached hydrogens (tertiary/aromatic N) is 1. The Morgan fingerprint density at radius 2 is 1.36 bits per heavy atom. The van der Waals surface area contributed by atoms with Gasteiger partial charge in [-0.3, -0.25) is 9.59 Å². The lowest BCUT2D eigenvalue weighted by Gasteiger charge is -2.19. The van der Waals surface area contributed by atoms with Crippen LogP contribution in [0.1, 0.15) is 21.0 Å². The number of anilines is 2. The second-order valence-electron chi connectivity index (χ2n) is 6.04. The van der Waals surface area contributed by atoms with Crippen LogP contribution in [0.3, 0.4) is 0 Å². The third-order valence-corrected chi connectivity index (χ3v) is 4.05. The number of rotatable bonds is 4. The van der Waals surface area contributed by atoms with Gasteiger partial charge in [0.2, 0.25) is 0 Å². The molecule has 2 heterocycles. The van der Waals surface area contributed by atoms with Crippen LogP contribution < -0.4 is 20.1 Å². The molecule has 0 saturated heterocycles. The number of aromatic nitrogens is 1. The molecule has 0 aliphatic carbocycles. The number of ether oxygens (including phenoxy) is 2.